The van der Waals surface area contributed by atoms with E-state index in [9.17, 15) is 0 Å². The first-order chi connectivity index (χ1) is 8.79. The molecule has 1 nitrogen and oxygen atoms in total. The minimum Gasteiger partial charge on any atom is -0.313 e. The van der Waals surface area contributed by atoms with Crippen LogP contribution in [0.2, 0.25) is 5.02 Å². The molecule has 100 valence electrons. The molecule has 2 rings (SSSR count). The van der Waals surface area contributed by atoms with Gasteiger partial charge in [-0.05, 0) is 42.9 Å². The fraction of sp³-hybridized carbons (Fsp3) is 0.625. The van der Waals surface area contributed by atoms with E-state index in [1.807, 2.05) is 12.1 Å². The Morgan fingerprint density at radius 1 is 1.22 bits per heavy atom. The van der Waals surface area contributed by atoms with E-state index in [1.54, 1.807) is 0 Å². The molecule has 0 saturated heterocycles. The number of unbranched alkanes of at least 4 members (excludes halogenated alkanes) is 2. The zero-order chi connectivity index (χ0) is 12.8. The number of hydrogen-bond acceptors (Lipinski definition) is 1. The molecule has 0 bridgehead atoms. The second-order valence-electron chi connectivity index (χ2n) is 5.43. The molecule has 0 aliphatic heterocycles. The number of benzene rings is 1. The van der Waals surface area contributed by atoms with Crippen molar-refractivity contribution in [2.24, 2.45) is 0 Å². The van der Waals surface area contributed by atoms with Crippen molar-refractivity contribution in [3.05, 3.63) is 34.9 Å². The van der Waals surface area contributed by atoms with Crippen molar-refractivity contribution in [1.29, 1.82) is 0 Å². The molecule has 0 spiro atoms. The van der Waals surface area contributed by atoms with Gasteiger partial charge in [-0.3, -0.25) is 0 Å². The molecule has 1 unspecified atom stereocenters. The maximum atomic E-state index is 5.97. The molecule has 0 radical (unpaired) electrons. The highest BCUT2D eigenvalue weighted by molar-refractivity contribution is 6.30. The van der Waals surface area contributed by atoms with Gasteiger partial charge in [0.25, 0.3) is 0 Å². The zero-order valence-electron chi connectivity index (χ0n) is 11.3. The maximum Gasteiger partial charge on any atom is 0.0406 e. The Bertz CT molecular complexity index is 343. The van der Waals surface area contributed by atoms with Crippen molar-refractivity contribution in [2.45, 2.75) is 57.4 Å². The van der Waals surface area contributed by atoms with Crippen molar-refractivity contribution < 1.29 is 0 Å². The van der Waals surface area contributed by atoms with Gasteiger partial charge in [0.2, 0.25) is 0 Å². The van der Waals surface area contributed by atoms with Gasteiger partial charge in [0.15, 0.2) is 0 Å². The molecule has 1 atom stereocenters. The smallest absolute Gasteiger partial charge is 0.0406 e. The fourth-order valence-electron chi connectivity index (χ4n) is 2.36. The zero-order valence-corrected chi connectivity index (χ0v) is 12.0. The van der Waals surface area contributed by atoms with Crippen LogP contribution in [0.15, 0.2) is 24.3 Å². The lowest BCUT2D eigenvalue weighted by Crippen LogP contribution is -2.23. The van der Waals surface area contributed by atoms with Gasteiger partial charge in [0.05, 0.1) is 0 Å². The van der Waals surface area contributed by atoms with Crippen LogP contribution in [0.1, 0.15) is 56.9 Å². The Hall–Kier alpha value is -0.530. The normalized spacial score (nSPS) is 16.8. The van der Waals surface area contributed by atoms with Gasteiger partial charge in [0.1, 0.15) is 0 Å². The van der Waals surface area contributed by atoms with Crippen LogP contribution < -0.4 is 5.32 Å². The molecule has 1 aromatic carbocycles. The highest BCUT2D eigenvalue weighted by atomic mass is 35.5. The molecule has 0 heterocycles. The van der Waals surface area contributed by atoms with Gasteiger partial charge < -0.3 is 5.32 Å². The van der Waals surface area contributed by atoms with Crippen LogP contribution in [0.25, 0.3) is 0 Å². The first kappa shape index (κ1) is 13.9. The summed E-state index contributed by atoms with van der Waals surface area (Å²) in [5, 5.41) is 4.50. The Morgan fingerprint density at radius 3 is 2.56 bits per heavy atom. The van der Waals surface area contributed by atoms with Gasteiger partial charge in [0, 0.05) is 17.6 Å². The minimum absolute atomic E-state index is 0.648. The third kappa shape index (κ3) is 4.62. The molecule has 0 amide bonds. The Morgan fingerprint density at radius 2 is 1.94 bits per heavy atom. The molecular formula is C16H24ClN. The summed E-state index contributed by atoms with van der Waals surface area (Å²) < 4.78 is 0. The highest BCUT2D eigenvalue weighted by Gasteiger charge is 2.22. The number of rotatable bonds is 8. The summed E-state index contributed by atoms with van der Waals surface area (Å²) in [5.74, 6) is 0.648. The van der Waals surface area contributed by atoms with Gasteiger partial charge in [-0.25, -0.2) is 0 Å². The summed E-state index contributed by atoms with van der Waals surface area (Å²) in [4.78, 5) is 0. The molecule has 1 aliphatic carbocycles. The fourth-order valence-corrected chi connectivity index (χ4v) is 2.48. The van der Waals surface area contributed by atoms with Crippen molar-refractivity contribution >= 4 is 11.6 Å². The van der Waals surface area contributed by atoms with E-state index in [0.717, 1.165) is 17.6 Å². The van der Waals surface area contributed by atoms with Crippen LogP contribution in [-0.2, 0) is 0 Å². The van der Waals surface area contributed by atoms with E-state index in [0.29, 0.717) is 5.92 Å². The lowest BCUT2D eigenvalue weighted by Gasteiger charge is -2.18. The molecule has 1 aliphatic rings. The Labute approximate surface area is 116 Å². The summed E-state index contributed by atoms with van der Waals surface area (Å²) in [6.07, 6.45) is 7.98. The molecular weight excluding hydrogens is 242 g/mol. The monoisotopic (exact) mass is 265 g/mol. The van der Waals surface area contributed by atoms with Gasteiger partial charge >= 0.3 is 0 Å². The second-order valence-corrected chi connectivity index (χ2v) is 5.86. The lowest BCUT2D eigenvalue weighted by molar-refractivity contribution is 0.518. The molecule has 1 saturated carbocycles. The molecule has 2 heteroatoms. The number of nitrogens with one attached hydrogen (secondary N) is 1. The SMILES string of the molecule is CCCCCC(CNC1CC1)c1ccc(Cl)cc1. The second kappa shape index (κ2) is 7.16. The van der Waals surface area contributed by atoms with E-state index in [4.69, 9.17) is 11.6 Å². The maximum absolute atomic E-state index is 5.97. The Balaban J connectivity index is 1.90. The quantitative estimate of drug-likeness (QED) is 0.669. The van der Waals surface area contributed by atoms with E-state index in [1.165, 1.54) is 44.1 Å². The molecule has 18 heavy (non-hydrogen) atoms. The van der Waals surface area contributed by atoms with Crippen molar-refractivity contribution in [3.63, 3.8) is 0 Å². The highest BCUT2D eigenvalue weighted by Crippen LogP contribution is 2.26. The largest absolute Gasteiger partial charge is 0.313 e. The Kier molecular flexibility index (Phi) is 5.52. The van der Waals surface area contributed by atoms with Crippen molar-refractivity contribution in [1.82, 2.24) is 5.32 Å². The van der Waals surface area contributed by atoms with Crippen LogP contribution in [0.4, 0.5) is 0 Å². The summed E-state index contributed by atoms with van der Waals surface area (Å²) in [7, 11) is 0. The van der Waals surface area contributed by atoms with Gasteiger partial charge in [-0.1, -0.05) is 49.9 Å². The van der Waals surface area contributed by atoms with E-state index in [-0.39, 0.29) is 0 Å². The van der Waals surface area contributed by atoms with Crippen LogP contribution in [-0.4, -0.2) is 12.6 Å². The van der Waals surface area contributed by atoms with E-state index >= 15 is 0 Å². The predicted octanol–water partition coefficient (Wildman–Crippen LogP) is 4.76. The van der Waals surface area contributed by atoms with Crippen LogP contribution in [0, 0.1) is 0 Å². The number of halogens is 1. The summed E-state index contributed by atoms with van der Waals surface area (Å²) in [6, 6.07) is 9.20. The lowest BCUT2D eigenvalue weighted by atomic mass is 9.93. The molecule has 1 aromatic rings. The topological polar surface area (TPSA) is 12.0 Å². The molecule has 1 N–H and O–H groups in total. The average Bonchev–Trinajstić information content (AvgIpc) is 3.19. The first-order valence-corrected chi connectivity index (χ1v) is 7.66. The van der Waals surface area contributed by atoms with Gasteiger partial charge in [-0.2, -0.15) is 0 Å². The average molecular weight is 266 g/mol. The standard InChI is InChI=1S/C16H24ClN/c1-2-3-4-5-14(12-18-16-10-11-16)13-6-8-15(17)9-7-13/h6-9,14,16,18H,2-5,10-12H2,1H3. The van der Waals surface area contributed by atoms with Crippen LogP contribution in [0.3, 0.4) is 0 Å². The third-order valence-corrected chi connectivity index (χ3v) is 3.98. The first-order valence-electron chi connectivity index (χ1n) is 7.28. The van der Waals surface area contributed by atoms with E-state index in [2.05, 4.69) is 24.4 Å². The molecule has 0 aromatic heterocycles. The minimum atomic E-state index is 0.648. The summed E-state index contributed by atoms with van der Waals surface area (Å²) in [6.45, 7) is 3.38. The van der Waals surface area contributed by atoms with Crippen LogP contribution >= 0.6 is 11.6 Å². The summed E-state index contributed by atoms with van der Waals surface area (Å²) in [5.41, 5.74) is 1.43. The molecule has 1 fully saturated rings. The summed E-state index contributed by atoms with van der Waals surface area (Å²) >= 11 is 5.97. The number of hydrogen-bond donors (Lipinski definition) is 1. The van der Waals surface area contributed by atoms with E-state index < -0.39 is 0 Å². The van der Waals surface area contributed by atoms with Gasteiger partial charge in [-0.15, -0.1) is 0 Å². The van der Waals surface area contributed by atoms with Crippen molar-refractivity contribution in [3.8, 4) is 0 Å². The van der Waals surface area contributed by atoms with Crippen molar-refractivity contribution in [2.75, 3.05) is 6.54 Å². The predicted molar refractivity (Wildman–Crippen MR) is 79.4 cm³/mol. The van der Waals surface area contributed by atoms with Crippen LogP contribution in [0.5, 0.6) is 0 Å². The third-order valence-electron chi connectivity index (χ3n) is 3.73.